The van der Waals surface area contributed by atoms with E-state index in [-0.39, 0.29) is 11.6 Å². The van der Waals surface area contributed by atoms with Crippen LogP contribution in [0.2, 0.25) is 0 Å². The van der Waals surface area contributed by atoms with E-state index in [4.69, 9.17) is 5.73 Å². The Morgan fingerprint density at radius 1 is 1.33 bits per heavy atom. The first kappa shape index (κ1) is 14.8. The summed E-state index contributed by atoms with van der Waals surface area (Å²) in [5.74, 6) is 0.314. The van der Waals surface area contributed by atoms with Gasteiger partial charge in [0.1, 0.15) is 5.82 Å². The molecular weight excluding hydrogens is 266 g/mol. The van der Waals surface area contributed by atoms with E-state index in [9.17, 15) is 4.79 Å². The smallest absolute Gasteiger partial charge is 0.254 e. The van der Waals surface area contributed by atoms with Gasteiger partial charge in [0.25, 0.3) is 5.91 Å². The monoisotopic (exact) mass is 285 g/mol. The highest BCUT2D eigenvalue weighted by atomic mass is 16.1. The number of nitrogens with two attached hydrogens (primary N) is 1. The van der Waals surface area contributed by atoms with Crippen LogP contribution in [0.4, 0.5) is 17.5 Å². The number of benzene rings is 1. The third-order valence-electron chi connectivity index (χ3n) is 3.08. The van der Waals surface area contributed by atoms with Crippen LogP contribution in [0.1, 0.15) is 30.6 Å². The highest BCUT2D eigenvalue weighted by Gasteiger charge is 2.13. The number of primary amides is 1. The number of carbonyl (C=O) groups excluding carboxylic acids is 1. The summed E-state index contributed by atoms with van der Waals surface area (Å²) in [4.78, 5) is 19.9. The van der Waals surface area contributed by atoms with Gasteiger partial charge in [-0.2, -0.15) is 4.98 Å². The van der Waals surface area contributed by atoms with Crippen LogP contribution in [0, 0.1) is 0 Å². The molecule has 0 bridgehead atoms. The van der Waals surface area contributed by atoms with Gasteiger partial charge >= 0.3 is 0 Å². The number of para-hydroxylation sites is 1. The molecule has 0 aliphatic heterocycles. The van der Waals surface area contributed by atoms with Crippen molar-refractivity contribution in [2.45, 2.75) is 26.3 Å². The molecule has 1 atom stereocenters. The molecule has 6 nitrogen and oxygen atoms in total. The number of anilines is 3. The van der Waals surface area contributed by atoms with Crippen LogP contribution in [0.25, 0.3) is 0 Å². The fourth-order valence-electron chi connectivity index (χ4n) is 1.72. The zero-order valence-corrected chi connectivity index (χ0v) is 12.1. The SMILES string of the molecule is CCC(C)Nc1nc(Nc2ccccc2)ncc1C(N)=O. The quantitative estimate of drug-likeness (QED) is 0.758. The number of nitrogens with zero attached hydrogens (tertiary/aromatic N) is 2. The minimum Gasteiger partial charge on any atom is -0.367 e. The molecule has 4 N–H and O–H groups in total. The molecule has 0 radical (unpaired) electrons. The maximum Gasteiger partial charge on any atom is 0.254 e. The highest BCUT2D eigenvalue weighted by molar-refractivity contribution is 5.97. The number of nitrogens with one attached hydrogen (secondary N) is 2. The predicted octanol–water partition coefficient (Wildman–Crippen LogP) is 2.53. The van der Waals surface area contributed by atoms with Crippen molar-refractivity contribution in [2.75, 3.05) is 10.6 Å². The maximum absolute atomic E-state index is 11.4. The number of aromatic nitrogens is 2. The zero-order chi connectivity index (χ0) is 15.2. The van der Waals surface area contributed by atoms with E-state index in [0.717, 1.165) is 12.1 Å². The van der Waals surface area contributed by atoms with Gasteiger partial charge in [0.2, 0.25) is 5.95 Å². The molecule has 2 aromatic rings. The van der Waals surface area contributed by atoms with E-state index < -0.39 is 5.91 Å². The Morgan fingerprint density at radius 3 is 2.67 bits per heavy atom. The van der Waals surface area contributed by atoms with E-state index in [0.29, 0.717) is 11.8 Å². The standard InChI is InChI=1S/C15H19N5O/c1-3-10(2)18-14-12(13(16)21)9-17-15(20-14)19-11-7-5-4-6-8-11/h4-10H,3H2,1-2H3,(H2,16,21)(H2,17,18,19,20). The molecule has 0 aliphatic rings. The van der Waals surface area contributed by atoms with Crippen molar-refractivity contribution in [2.24, 2.45) is 5.73 Å². The average Bonchev–Trinajstić information content (AvgIpc) is 2.48. The number of amides is 1. The van der Waals surface area contributed by atoms with Gasteiger partial charge in [-0.1, -0.05) is 25.1 Å². The van der Waals surface area contributed by atoms with Crippen LogP contribution >= 0.6 is 0 Å². The lowest BCUT2D eigenvalue weighted by molar-refractivity contribution is 0.100. The van der Waals surface area contributed by atoms with Gasteiger partial charge in [0.15, 0.2) is 0 Å². The molecule has 0 aliphatic carbocycles. The van der Waals surface area contributed by atoms with Crippen LogP contribution in [0.5, 0.6) is 0 Å². The van der Waals surface area contributed by atoms with Crippen molar-refractivity contribution in [1.82, 2.24) is 9.97 Å². The molecule has 0 spiro atoms. The molecule has 0 fully saturated rings. The van der Waals surface area contributed by atoms with E-state index in [1.54, 1.807) is 0 Å². The van der Waals surface area contributed by atoms with Crippen LogP contribution < -0.4 is 16.4 Å². The molecule has 1 amide bonds. The Kier molecular flexibility index (Phi) is 4.71. The summed E-state index contributed by atoms with van der Waals surface area (Å²) >= 11 is 0. The minimum absolute atomic E-state index is 0.183. The molecule has 21 heavy (non-hydrogen) atoms. The average molecular weight is 285 g/mol. The fraction of sp³-hybridized carbons (Fsp3) is 0.267. The number of carbonyl (C=O) groups is 1. The highest BCUT2D eigenvalue weighted by Crippen LogP contribution is 2.18. The lowest BCUT2D eigenvalue weighted by Gasteiger charge is -2.15. The Morgan fingerprint density at radius 2 is 2.05 bits per heavy atom. The number of rotatable bonds is 6. The van der Waals surface area contributed by atoms with Gasteiger partial charge in [-0.3, -0.25) is 4.79 Å². The molecule has 110 valence electrons. The Hall–Kier alpha value is -2.63. The zero-order valence-electron chi connectivity index (χ0n) is 12.1. The summed E-state index contributed by atoms with van der Waals surface area (Å²) in [6.07, 6.45) is 2.34. The molecule has 1 aromatic heterocycles. The fourth-order valence-corrected chi connectivity index (χ4v) is 1.72. The molecule has 1 heterocycles. The van der Waals surface area contributed by atoms with E-state index in [1.165, 1.54) is 6.20 Å². The van der Waals surface area contributed by atoms with E-state index in [2.05, 4.69) is 20.6 Å². The van der Waals surface area contributed by atoms with Crippen molar-refractivity contribution < 1.29 is 4.79 Å². The molecule has 0 saturated carbocycles. The number of hydrogen-bond donors (Lipinski definition) is 3. The first-order valence-electron chi connectivity index (χ1n) is 6.85. The third kappa shape index (κ3) is 3.92. The van der Waals surface area contributed by atoms with Crippen molar-refractivity contribution in [3.05, 3.63) is 42.1 Å². The second kappa shape index (κ2) is 6.69. The Balaban J connectivity index is 2.28. The van der Waals surface area contributed by atoms with Crippen LogP contribution in [0.3, 0.4) is 0 Å². The van der Waals surface area contributed by atoms with Crippen molar-refractivity contribution in [3.63, 3.8) is 0 Å². The first-order chi connectivity index (χ1) is 10.1. The second-order valence-corrected chi connectivity index (χ2v) is 4.76. The predicted molar refractivity (Wildman–Crippen MR) is 83.7 cm³/mol. The topological polar surface area (TPSA) is 92.9 Å². The van der Waals surface area contributed by atoms with Crippen molar-refractivity contribution >= 4 is 23.4 Å². The molecule has 0 saturated heterocycles. The Labute approximate surface area is 123 Å². The first-order valence-corrected chi connectivity index (χ1v) is 6.85. The minimum atomic E-state index is -0.549. The summed E-state index contributed by atoms with van der Waals surface area (Å²) in [5, 5.41) is 6.26. The Bertz CT molecular complexity index is 615. The van der Waals surface area contributed by atoms with Crippen molar-refractivity contribution in [3.8, 4) is 0 Å². The van der Waals surface area contributed by atoms with Crippen LogP contribution in [-0.4, -0.2) is 21.9 Å². The normalized spacial score (nSPS) is 11.7. The van der Waals surface area contributed by atoms with Gasteiger partial charge in [-0.05, 0) is 25.5 Å². The van der Waals surface area contributed by atoms with Crippen LogP contribution in [0.15, 0.2) is 36.5 Å². The number of hydrogen-bond acceptors (Lipinski definition) is 5. The van der Waals surface area contributed by atoms with Gasteiger partial charge in [-0.25, -0.2) is 4.98 Å². The lowest BCUT2D eigenvalue weighted by Crippen LogP contribution is -2.21. The van der Waals surface area contributed by atoms with Crippen LogP contribution in [-0.2, 0) is 0 Å². The summed E-state index contributed by atoms with van der Waals surface area (Å²) in [5.41, 5.74) is 6.51. The van der Waals surface area contributed by atoms with Crippen molar-refractivity contribution in [1.29, 1.82) is 0 Å². The van der Waals surface area contributed by atoms with Gasteiger partial charge < -0.3 is 16.4 Å². The largest absolute Gasteiger partial charge is 0.367 e. The van der Waals surface area contributed by atoms with Gasteiger partial charge in [0.05, 0.1) is 5.56 Å². The lowest BCUT2D eigenvalue weighted by atomic mass is 10.2. The second-order valence-electron chi connectivity index (χ2n) is 4.76. The molecule has 2 rings (SSSR count). The van der Waals surface area contributed by atoms with E-state index >= 15 is 0 Å². The molecular formula is C15H19N5O. The molecule has 1 unspecified atom stereocenters. The molecule has 1 aromatic carbocycles. The summed E-state index contributed by atoms with van der Waals surface area (Å²) in [7, 11) is 0. The summed E-state index contributed by atoms with van der Waals surface area (Å²) < 4.78 is 0. The third-order valence-corrected chi connectivity index (χ3v) is 3.08. The summed E-state index contributed by atoms with van der Waals surface area (Å²) in [6.45, 7) is 4.06. The summed E-state index contributed by atoms with van der Waals surface area (Å²) in [6, 6.07) is 9.76. The molecule has 6 heteroatoms. The van der Waals surface area contributed by atoms with Gasteiger partial charge in [-0.15, -0.1) is 0 Å². The maximum atomic E-state index is 11.4. The van der Waals surface area contributed by atoms with E-state index in [1.807, 2.05) is 44.2 Å². The van der Waals surface area contributed by atoms with Gasteiger partial charge in [0, 0.05) is 17.9 Å².